The van der Waals surface area contributed by atoms with Crippen LogP contribution in [0, 0.1) is 5.92 Å². The average molecular weight is 210 g/mol. The fraction of sp³-hybridized carbons (Fsp3) is 0.667. The van der Waals surface area contributed by atoms with Crippen LogP contribution in [-0.2, 0) is 14.3 Å². The lowest BCUT2D eigenvalue weighted by atomic mass is 9.97. The first-order chi connectivity index (χ1) is 7.19. The Morgan fingerprint density at radius 3 is 2.93 bits per heavy atom. The van der Waals surface area contributed by atoms with Crippen molar-refractivity contribution in [1.82, 2.24) is 0 Å². The molecule has 1 fully saturated rings. The minimum absolute atomic E-state index is 0.123. The van der Waals surface area contributed by atoms with Crippen molar-refractivity contribution in [3.8, 4) is 0 Å². The maximum absolute atomic E-state index is 11.6. The monoisotopic (exact) mass is 210 g/mol. The van der Waals surface area contributed by atoms with Gasteiger partial charge < -0.3 is 4.74 Å². The third-order valence-corrected chi connectivity index (χ3v) is 2.75. The highest BCUT2D eigenvalue weighted by atomic mass is 16.5. The van der Waals surface area contributed by atoms with Gasteiger partial charge in [-0.3, -0.25) is 9.59 Å². The molecule has 0 aromatic heterocycles. The maximum Gasteiger partial charge on any atom is 0.309 e. The third kappa shape index (κ3) is 3.18. The molecule has 0 spiro atoms. The Hall–Kier alpha value is -1.12. The van der Waals surface area contributed by atoms with E-state index in [9.17, 15) is 9.59 Å². The Morgan fingerprint density at radius 1 is 1.60 bits per heavy atom. The highest BCUT2D eigenvalue weighted by Crippen LogP contribution is 2.25. The molecule has 1 rings (SSSR count). The molecule has 0 radical (unpaired) electrons. The number of carbonyl (C=O) groups excluding carboxylic acids is 2. The van der Waals surface area contributed by atoms with Crippen molar-refractivity contribution >= 4 is 11.8 Å². The largest absolute Gasteiger partial charge is 0.466 e. The van der Waals surface area contributed by atoms with Crippen LogP contribution in [0.15, 0.2) is 11.6 Å². The van der Waals surface area contributed by atoms with Crippen molar-refractivity contribution in [3.05, 3.63) is 11.6 Å². The molecule has 1 aliphatic carbocycles. The van der Waals surface area contributed by atoms with Gasteiger partial charge in [0, 0.05) is 6.42 Å². The molecule has 1 atom stereocenters. The first-order valence-corrected chi connectivity index (χ1v) is 5.54. The minimum Gasteiger partial charge on any atom is -0.466 e. The highest BCUT2D eigenvalue weighted by Gasteiger charge is 2.26. The van der Waals surface area contributed by atoms with Crippen LogP contribution in [0.2, 0.25) is 0 Å². The van der Waals surface area contributed by atoms with Gasteiger partial charge in [0.15, 0.2) is 5.78 Å². The quantitative estimate of drug-likeness (QED) is 0.399. The van der Waals surface area contributed by atoms with E-state index in [-0.39, 0.29) is 17.7 Å². The van der Waals surface area contributed by atoms with Gasteiger partial charge in [-0.1, -0.05) is 6.08 Å². The fourth-order valence-corrected chi connectivity index (χ4v) is 1.89. The van der Waals surface area contributed by atoms with E-state index in [4.69, 9.17) is 4.74 Å². The summed E-state index contributed by atoms with van der Waals surface area (Å²) in [6.07, 6.45) is 4.49. The number of allylic oxidation sites excluding steroid dienone is 2. The summed E-state index contributed by atoms with van der Waals surface area (Å²) < 4.78 is 4.99. The summed E-state index contributed by atoms with van der Waals surface area (Å²) in [6, 6.07) is 0. The fourth-order valence-electron chi connectivity index (χ4n) is 1.89. The summed E-state index contributed by atoms with van der Waals surface area (Å²) >= 11 is 0. The van der Waals surface area contributed by atoms with Crippen molar-refractivity contribution in [3.63, 3.8) is 0 Å². The second kappa shape index (κ2) is 5.69. The number of hydrogen-bond acceptors (Lipinski definition) is 3. The van der Waals surface area contributed by atoms with Crippen LogP contribution in [0.1, 0.15) is 39.5 Å². The predicted octanol–water partition coefficient (Wildman–Crippen LogP) is 2.26. The number of carbonyl (C=O) groups is 2. The van der Waals surface area contributed by atoms with Gasteiger partial charge in [0.25, 0.3) is 0 Å². The van der Waals surface area contributed by atoms with Crippen LogP contribution >= 0.6 is 0 Å². The molecular formula is C12H18O3. The molecule has 0 heterocycles. The zero-order chi connectivity index (χ0) is 11.3. The van der Waals surface area contributed by atoms with E-state index >= 15 is 0 Å². The molecule has 3 heteroatoms. The van der Waals surface area contributed by atoms with Gasteiger partial charge >= 0.3 is 5.97 Å². The van der Waals surface area contributed by atoms with Crippen molar-refractivity contribution in [1.29, 1.82) is 0 Å². The van der Waals surface area contributed by atoms with Crippen molar-refractivity contribution in [2.75, 3.05) is 6.61 Å². The van der Waals surface area contributed by atoms with Gasteiger partial charge in [-0.25, -0.2) is 0 Å². The van der Waals surface area contributed by atoms with Crippen molar-refractivity contribution < 1.29 is 14.3 Å². The first-order valence-electron chi connectivity index (χ1n) is 5.54. The lowest BCUT2D eigenvalue weighted by molar-refractivity contribution is -0.148. The Bertz CT molecular complexity index is 279. The number of esters is 1. The van der Waals surface area contributed by atoms with Crippen molar-refractivity contribution in [2.45, 2.75) is 39.5 Å². The van der Waals surface area contributed by atoms with Gasteiger partial charge in [0.2, 0.25) is 0 Å². The number of hydrogen-bond donors (Lipinski definition) is 0. The molecule has 0 aromatic rings. The summed E-state index contributed by atoms with van der Waals surface area (Å²) in [7, 11) is 0. The normalized spacial score (nSPS) is 25.1. The minimum atomic E-state index is -0.161. The summed E-state index contributed by atoms with van der Waals surface area (Å²) in [6.45, 7) is 4.06. The Morgan fingerprint density at radius 2 is 2.33 bits per heavy atom. The summed E-state index contributed by atoms with van der Waals surface area (Å²) in [5, 5.41) is 0. The number of rotatable bonds is 2. The maximum atomic E-state index is 11.6. The molecule has 0 saturated heterocycles. The van der Waals surface area contributed by atoms with Crippen LogP contribution in [-0.4, -0.2) is 18.4 Å². The van der Waals surface area contributed by atoms with Crippen LogP contribution in [0.25, 0.3) is 0 Å². The smallest absolute Gasteiger partial charge is 0.309 e. The molecule has 0 bridgehead atoms. The molecule has 15 heavy (non-hydrogen) atoms. The highest BCUT2D eigenvalue weighted by molar-refractivity contribution is 5.96. The SMILES string of the molecule is C/C=C1\CC(C(=O)OCC)CCCC1=O. The Balaban J connectivity index is 2.68. The lowest BCUT2D eigenvalue weighted by Gasteiger charge is -2.12. The summed E-state index contributed by atoms with van der Waals surface area (Å²) in [5.74, 6) is -0.0987. The van der Waals surface area contributed by atoms with E-state index in [1.165, 1.54) is 0 Å². The van der Waals surface area contributed by atoms with Gasteiger partial charge in [-0.05, 0) is 38.7 Å². The molecule has 84 valence electrons. The molecule has 1 unspecified atom stereocenters. The van der Waals surface area contributed by atoms with E-state index in [2.05, 4.69) is 0 Å². The zero-order valence-corrected chi connectivity index (χ0v) is 9.41. The second-order valence-electron chi connectivity index (χ2n) is 3.78. The third-order valence-electron chi connectivity index (χ3n) is 2.75. The topological polar surface area (TPSA) is 43.4 Å². The van der Waals surface area contributed by atoms with E-state index in [1.54, 1.807) is 6.92 Å². The lowest BCUT2D eigenvalue weighted by Crippen LogP contribution is -2.18. The number of Topliss-reactive ketones (excluding diaryl/α,β-unsaturated/α-hetero) is 1. The molecule has 0 aliphatic heterocycles. The molecule has 0 N–H and O–H groups in total. The Kier molecular flexibility index (Phi) is 4.53. The first kappa shape index (κ1) is 12.0. The van der Waals surface area contributed by atoms with Gasteiger partial charge in [-0.2, -0.15) is 0 Å². The summed E-state index contributed by atoms with van der Waals surface area (Å²) in [5.41, 5.74) is 0.783. The molecular weight excluding hydrogens is 192 g/mol. The van der Waals surface area contributed by atoms with Crippen LogP contribution in [0.3, 0.4) is 0 Å². The van der Waals surface area contributed by atoms with Gasteiger partial charge in [0.1, 0.15) is 0 Å². The average Bonchev–Trinajstić information content (AvgIpc) is 2.40. The molecule has 1 saturated carbocycles. The standard InChI is InChI=1S/C12H18O3/c1-3-9-8-10(12(14)15-4-2)6-5-7-11(9)13/h3,10H,4-8H2,1-2H3/b9-3+. The van der Waals surface area contributed by atoms with Gasteiger partial charge in [-0.15, -0.1) is 0 Å². The number of ketones is 1. The van der Waals surface area contributed by atoms with Crippen LogP contribution in [0.5, 0.6) is 0 Å². The molecule has 0 aromatic carbocycles. The van der Waals surface area contributed by atoms with Crippen LogP contribution < -0.4 is 0 Å². The predicted molar refractivity (Wildman–Crippen MR) is 57.4 cm³/mol. The molecule has 3 nitrogen and oxygen atoms in total. The molecule has 0 amide bonds. The van der Waals surface area contributed by atoms with Crippen molar-refractivity contribution in [2.24, 2.45) is 5.92 Å². The number of ether oxygens (including phenoxy) is 1. The molecule has 1 aliphatic rings. The van der Waals surface area contributed by atoms with Crippen LogP contribution in [0.4, 0.5) is 0 Å². The van der Waals surface area contributed by atoms with E-state index in [0.29, 0.717) is 19.4 Å². The Labute approximate surface area is 90.5 Å². The second-order valence-corrected chi connectivity index (χ2v) is 3.78. The summed E-state index contributed by atoms with van der Waals surface area (Å²) in [4.78, 5) is 23.1. The van der Waals surface area contributed by atoms with E-state index < -0.39 is 0 Å². The van der Waals surface area contributed by atoms with Gasteiger partial charge in [0.05, 0.1) is 12.5 Å². The zero-order valence-electron chi connectivity index (χ0n) is 9.41. The van der Waals surface area contributed by atoms with E-state index in [1.807, 2.05) is 13.0 Å². The van der Waals surface area contributed by atoms with E-state index in [0.717, 1.165) is 18.4 Å².